The predicted molar refractivity (Wildman–Crippen MR) is 66.8 cm³/mol. The third-order valence-corrected chi connectivity index (χ3v) is 2.68. The van der Waals surface area contributed by atoms with Crippen LogP contribution in [0.3, 0.4) is 0 Å². The Morgan fingerprint density at radius 3 is 3.07 bits per heavy atom. The van der Waals surface area contributed by atoms with Crippen LogP contribution in [0.15, 0.2) is 18.3 Å². The first-order chi connectivity index (χ1) is 7.26. The number of nitrogen functional groups attached to an aromatic ring is 1. The van der Waals surface area contributed by atoms with Gasteiger partial charge in [-0.15, -0.1) is 0 Å². The summed E-state index contributed by atoms with van der Waals surface area (Å²) in [6.45, 7) is 1.93. The Morgan fingerprint density at radius 1 is 1.60 bits per heavy atom. The molecule has 1 aromatic rings. The molecule has 0 saturated heterocycles. The molecule has 0 spiro atoms. The van der Waals surface area contributed by atoms with Crippen molar-refractivity contribution in [3.05, 3.63) is 24.0 Å². The molecule has 4 nitrogen and oxygen atoms in total. The molecule has 0 amide bonds. The normalized spacial score (nSPS) is 10.7. The fraction of sp³-hybridized carbons (Fsp3) is 0.500. The Balaban J connectivity index is 2.48. The number of hydrazine groups is 1. The van der Waals surface area contributed by atoms with E-state index in [0.29, 0.717) is 0 Å². The molecule has 0 atom stereocenters. The van der Waals surface area contributed by atoms with E-state index >= 15 is 0 Å². The fourth-order valence-electron chi connectivity index (χ4n) is 1.26. The van der Waals surface area contributed by atoms with Crippen LogP contribution in [-0.4, -0.2) is 35.5 Å². The highest BCUT2D eigenvalue weighted by atomic mass is 32.2. The van der Waals surface area contributed by atoms with Crippen LogP contribution in [0.25, 0.3) is 0 Å². The van der Waals surface area contributed by atoms with Crippen molar-refractivity contribution in [2.45, 2.75) is 6.54 Å². The van der Waals surface area contributed by atoms with Gasteiger partial charge >= 0.3 is 0 Å². The molecule has 0 aromatic carbocycles. The zero-order valence-corrected chi connectivity index (χ0v) is 10.0. The van der Waals surface area contributed by atoms with E-state index in [1.807, 2.05) is 23.9 Å². The van der Waals surface area contributed by atoms with Gasteiger partial charge in [-0.1, -0.05) is 0 Å². The fourth-order valence-corrected chi connectivity index (χ4v) is 1.75. The Kier molecular flexibility index (Phi) is 5.45. The van der Waals surface area contributed by atoms with Crippen molar-refractivity contribution >= 4 is 17.4 Å². The van der Waals surface area contributed by atoms with Gasteiger partial charge in [-0.2, -0.15) is 11.8 Å². The van der Waals surface area contributed by atoms with Crippen molar-refractivity contribution in [1.29, 1.82) is 0 Å². The third kappa shape index (κ3) is 4.51. The van der Waals surface area contributed by atoms with E-state index in [2.05, 4.69) is 28.6 Å². The molecule has 15 heavy (non-hydrogen) atoms. The molecule has 1 heterocycles. The van der Waals surface area contributed by atoms with Crippen LogP contribution in [0.5, 0.6) is 0 Å². The van der Waals surface area contributed by atoms with Crippen LogP contribution in [-0.2, 0) is 6.54 Å². The number of pyridine rings is 1. The summed E-state index contributed by atoms with van der Waals surface area (Å²) in [6.07, 6.45) is 3.89. The minimum Gasteiger partial charge on any atom is -0.324 e. The van der Waals surface area contributed by atoms with Gasteiger partial charge in [0.05, 0.1) is 11.4 Å². The Labute approximate surface area is 95.2 Å². The first-order valence-corrected chi connectivity index (χ1v) is 6.24. The minimum absolute atomic E-state index is 0.857. The SMILES string of the molecule is CSCCN(C)Cc1cc(NN)ccn1. The Bertz CT molecular complexity index is 293. The molecular formula is C10H18N4S. The van der Waals surface area contributed by atoms with E-state index in [-0.39, 0.29) is 0 Å². The van der Waals surface area contributed by atoms with Gasteiger partial charge in [-0.25, -0.2) is 0 Å². The van der Waals surface area contributed by atoms with Gasteiger partial charge in [-0.3, -0.25) is 15.7 Å². The lowest BCUT2D eigenvalue weighted by molar-refractivity contribution is 0.344. The lowest BCUT2D eigenvalue weighted by Gasteiger charge is -2.15. The van der Waals surface area contributed by atoms with Crippen LogP contribution >= 0.6 is 11.8 Å². The van der Waals surface area contributed by atoms with Crippen LogP contribution < -0.4 is 11.3 Å². The van der Waals surface area contributed by atoms with Crippen molar-refractivity contribution in [3.63, 3.8) is 0 Å². The van der Waals surface area contributed by atoms with E-state index in [1.165, 1.54) is 0 Å². The van der Waals surface area contributed by atoms with Gasteiger partial charge in [0.25, 0.3) is 0 Å². The second kappa shape index (κ2) is 6.66. The molecular weight excluding hydrogens is 208 g/mol. The van der Waals surface area contributed by atoms with E-state index in [1.54, 1.807) is 6.20 Å². The number of rotatable bonds is 6. The molecule has 0 unspecified atom stereocenters. The molecule has 84 valence electrons. The lowest BCUT2D eigenvalue weighted by Crippen LogP contribution is -2.21. The predicted octanol–water partition coefficient (Wildman–Crippen LogP) is 1.16. The smallest absolute Gasteiger partial charge is 0.0564 e. The number of nitrogens with one attached hydrogen (secondary N) is 1. The number of hydrogen-bond acceptors (Lipinski definition) is 5. The molecule has 1 rings (SSSR count). The topological polar surface area (TPSA) is 54.2 Å². The summed E-state index contributed by atoms with van der Waals surface area (Å²) in [5.74, 6) is 6.48. The van der Waals surface area contributed by atoms with Gasteiger partial charge < -0.3 is 5.43 Å². The van der Waals surface area contributed by atoms with Gasteiger partial charge in [-0.05, 0) is 25.4 Å². The van der Waals surface area contributed by atoms with Crippen molar-refractivity contribution < 1.29 is 0 Å². The van der Waals surface area contributed by atoms with Crippen LogP contribution in [0.1, 0.15) is 5.69 Å². The minimum atomic E-state index is 0.857. The summed E-state index contributed by atoms with van der Waals surface area (Å²) in [5, 5.41) is 0. The highest BCUT2D eigenvalue weighted by Crippen LogP contribution is 2.08. The Morgan fingerprint density at radius 2 is 2.40 bits per heavy atom. The molecule has 0 aliphatic heterocycles. The number of nitrogens with two attached hydrogens (primary N) is 1. The summed E-state index contributed by atoms with van der Waals surface area (Å²) in [4.78, 5) is 6.54. The summed E-state index contributed by atoms with van der Waals surface area (Å²) in [7, 11) is 2.10. The number of anilines is 1. The third-order valence-electron chi connectivity index (χ3n) is 2.09. The van der Waals surface area contributed by atoms with Crippen molar-refractivity contribution in [2.24, 2.45) is 5.84 Å². The summed E-state index contributed by atoms with van der Waals surface area (Å²) in [6, 6.07) is 3.82. The van der Waals surface area contributed by atoms with Crippen molar-refractivity contribution in [3.8, 4) is 0 Å². The lowest BCUT2D eigenvalue weighted by atomic mass is 10.3. The summed E-state index contributed by atoms with van der Waals surface area (Å²) >= 11 is 1.85. The molecule has 0 fully saturated rings. The number of aromatic nitrogens is 1. The van der Waals surface area contributed by atoms with Crippen LogP contribution in [0.4, 0.5) is 5.69 Å². The molecule has 0 aliphatic rings. The summed E-state index contributed by atoms with van der Waals surface area (Å²) in [5.41, 5.74) is 4.56. The highest BCUT2D eigenvalue weighted by molar-refractivity contribution is 7.98. The number of thioether (sulfide) groups is 1. The second-order valence-electron chi connectivity index (χ2n) is 3.41. The van der Waals surface area contributed by atoms with Crippen molar-refractivity contribution in [1.82, 2.24) is 9.88 Å². The van der Waals surface area contributed by atoms with Crippen LogP contribution in [0.2, 0.25) is 0 Å². The maximum Gasteiger partial charge on any atom is 0.0564 e. The largest absolute Gasteiger partial charge is 0.324 e. The van der Waals surface area contributed by atoms with Crippen molar-refractivity contribution in [2.75, 3.05) is 31.0 Å². The molecule has 0 saturated carbocycles. The quantitative estimate of drug-likeness (QED) is 0.563. The van der Waals surface area contributed by atoms with E-state index in [0.717, 1.165) is 30.2 Å². The second-order valence-corrected chi connectivity index (χ2v) is 4.40. The maximum atomic E-state index is 5.34. The standard InChI is InChI=1S/C10H18N4S/c1-14(5-6-15-2)8-10-7-9(13-11)3-4-12-10/h3-4,7H,5-6,8,11H2,1-2H3,(H,12,13). The monoisotopic (exact) mass is 226 g/mol. The zero-order chi connectivity index (χ0) is 11.1. The van der Waals surface area contributed by atoms with Gasteiger partial charge in [0.1, 0.15) is 0 Å². The number of nitrogens with zero attached hydrogens (tertiary/aromatic N) is 2. The van der Waals surface area contributed by atoms with Gasteiger partial charge in [0, 0.05) is 25.0 Å². The summed E-state index contributed by atoms with van der Waals surface area (Å²) < 4.78 is 0. The van der Waals surface area contributed by atoms with Gasteiger partial charge in [0.2, 0.25) is 0 Å². The average molecular weight is 226 g/mol. The van der Waals surface area contributed by atoms with E-state index < -0.39 is 0 Å². The highest BCUT2D eigenvalue weighted by Gasteiger charge is 2.01. The molecule has 1 aromatic heterocycles. The number of hydrogen-bond donors (Lipinski definition) is 2. The van der Waals surface area contributed by atoms with E-state index in [4.69, 9.17) is 5.84 Å². The molecule has 0 radical (unpaired) electrons. The first kappa shape index (κ1) is 12.3. The molecule has 5 heteroatoms. The maximum absolute atomic E-state index is 5.34. The molecule has 0 bridgehead atoms. The molecule has 0 aliphatic carbocycles. The first-order valence-electron chi connectivity index (χ1n) is 4.85. The average Bonchev–Trinajstić information content (AvgIpc) is 2.26. The van der Waals surface area contributed by atoms with Gasteiger partial charge in [0.15, 0.2) is 0 Å². The zero-order valence-electron chi connectivity index (χ0n) is 9.23. The Hall–Kier alpha value is -0.780. The van der Waals surface area contributed by atoms with E-state index in [9.17, 15) is 0 Å². The van der Waals surface area contributed by atoms with Crippen LogP contribution in [0, 0.1) is 0 Å². The molecule has 3 N–H and O–H groups in total.